The summed E-state index contributed by atoms with van der Waals surface area (Å²) in [6, 6.07) is 42.9. The molecule has 4 aromatic carbocycles. The molecule has 5 aromatic rings. The maximum Gasteiger partial charge on any atom is 0.0702 e. The summed E-state index contributed by atoms with van der Waals surface area (Å²) in [5.74, 6) is 0. The van der Waals surface area contributed by atoms with Gasteiger partial charge in [0.1, 0.15) is 0 Å². The third-order valence-electron chi connectivity index (χ3n) is 9.17. The van der Waals surface area contributed by atoms with Gasteiger partial charge in [0, 0.05) is 30.2 Å². The van der Waals surface area contributed by atoms with Crippen LogP contribution >= 0.6 is 0 Å². The number of pyridine rings is 1. The van der Waals surface area contributed by atoms with Gasteiger partial charge in [0.05, 0.1) is 16.9 Å². The van der Waals surface area contributed by atoms with E-state index in [0.29, 0.717) is 17.8 Å². The highest BCUT2D eigenvalue weighted by atomic mass is 15.2. The van der Waals surface area contributed by atoms with Crippen LogP contribution in [0.5, 0.6) is 0 Å². The zero-order chi connectivity index (χ0) is 34.1. The van der Waals surface area contributed by atoms with Crippen molar-refractivity contribution < 1.29 is 0 Å². The van der Waals surface area contributed by atoms with E-state index in [4.69, 9.17) is 5.41 Å². The van der Waals surface area contributed by atoms with E-state index in [1.165, 1.54) is 0 Å². The molecule has 1 unspecified atom stereocenters. The smallest absolute Gasteiger partial charge is 0.0702 e. The van der Waals surface area contributed by atoms with Gasteiger partial charge in [-0.25, -0.2) is 0 Å². The Morgan fingerprint density at radius 1 is 0.708 bits per heavy atom. The molecule has 1 heterocycles. The SMILES string of the molecule is C=C(/C=C(/C(=N)CC)C(C)(CC)N(C)/C(=C\C(=N)c1ccccc1)c1ccccc1)c1cc(-c2ccccc2)cc(-c2ccccn2)c1. The molecule has 1 aromatic heterocycles. The fourth-order valence-corrected chi connectivity index (χ4v) is 6.00. The van der Waals surface area contributed by atoms with E-state index >= 15 is 0 Å². The molecule has 0 aliphatic carbocycles. The van der Waals surface area contributed by atoms with Gasteiger partial charge in [-0.15, -0.1) is 0 Å². The van der Waals surface area contributed by atoms with E-state index in [9.17, 15) is 5.41 Å². The summed E-state index contributed by atoms with van der Waals surface area (Å²) in [5, 5.41) is 18.3. The van der Waals surface area contributed by atoms with Gasteiger partial charge < -0.3 is 15.7 Å². The van der Waals surface area contributed by atoms with Gasteiger partial charge in [-0.05, 0) is 101 Å². The van der Waals surface area contributed by atoms with E-state index in [0.717, 1.165) is 62.3 Å². The van der Waals surface area contributed by atoms with Gasteiger partial charge in [-0.2, -0.15) is 0 Å². The first kappa shape index (κ1) is 33.7. The average Bonchev–Trinajstić information content (AvgIpc) is 3.16. The molecule has 0 spiro atoms. The second kappa shape index (κ2) is 15.3. The van der Waals surface area contributed by atoms with E-state index < -0.39 is 5.54 Å². The van der Waals surface area contributed by atoms with Crippen molar-refractivity contribution >= 4 is 22.7 Å². The normalized spacial score (nSPS) is 13.0. The van der Waals surface area contributed by atoms with Gasteiger partial charge >= 0.3 is 0 Å². The fourth-order valence-electron chi connectivity index (χ4n) is 6.00. The highest BCUT2D eigenvalue weighted by Crippen LogP contribution is 2.38. The summed E-state index contributed by atoms with van der Waals surface area (Å²) < 4.78 is 0. The van der Waals surface area contributed by atoms with Crippen molar-refractivity contribution in [2.75, 3.05) is 7.05 Å². The molecule has 4 nitrogen and oxygen atoms in total. The number of aromatic nitrogens is 1. The molecule has 2 N–H and O–H groups in total. The Kier molecular flexibility index (Phi) is 10.8. The van der Waals surface area contributed by atoms with Crippen LogP contribution in [0.15, 0.2) is 158 Å². The summed E-state index contributed by atoms with van der Waals surface area (Å²) in [4.78, 5) is 6.89. The molecule has 0 aliphatic heterocycles. The van der Waals surface area contributed by atoms with Crippen molar-refractivity contribution in [3.8, 4) is 22.4 Å². The molecule has 5 rings (SSSR count). The first-order chi connectivity index (χ1) is 23.2. The predicted octanol–water partition coefficient (Wildman–Crippen LogP) is 11.0. The van der Waals surface area contributed by atoms with Crippen molar-refractivity contribution in [2.45, 2.75) is 39.2 Å². The Bertz CT molecular complexity index is 1880. The van der Waals surface area contributed by atoms with Crippen molar-refractivity contribution in [1.29, 1.82) is 10.8 Å². The lowest BCUT2D eigenvalue weighted by Crippen LogP contribution is -2.46. The molecule has 48 heavy (non-hydrogen) atoms. The van der Waals surface area contributed by atoms with E-state index in [-0.39, 0.29) is 0 Å². The van der Waals surface area contributed by atoms with Crippen LogP contribution in [0.2, 0.25) is 0 Å². The molecule has 0 aliphatic rings. The van der Waals surface area contributed by atoms with Crippen molar-refractivity contribution in [3.05, 3.63) is 175 Å². The third kappa shape index (κ3) is 7.50. The van der Waals surface area contributed by atoms with Crippen molar-refractivity contribution in [2.24, 2.45) is 0 Å². The number of allylic oxidation sites excluding steroid dienone is 3. The topological polar surface area (TPSA) is 63.8 Å². The van der Waals surface area contributed by atoms with E-state index in [1.54, 1.807) is 0 Å². The Morgan fingerprint density at radius 2 is 1.29 bits per heavy atom. The number of hydrogen-bond acceptors (Lipinski definition) is 4. The molecule has 240 valence electrons. The minimum Gasteiger partial charge on any atom is -0.365 e. The summed E-state index contributed by atoms with van der Waals surface area (Å²) in [7, 11) is 2.08. The Balaban J connectivity index is 1.63. The average molecular weight is 629 g/mol. The molecule has 0 saturated carbocycles. The zero-order valence-corrected chi connectivity index (χ0v) is 28.4. The molecule has 0 radical (unpaired) electrons. The highest BCUT2D eigenvalue weighted by molar-refractivity contribution is 6.10. The lowest BCUT2D eigenvalue weighted by atomic mass is 9.81. The molecular formula is C44H44N4. The van der Waals surface area contributed by atoms with Gasteiger partial charge in [-0.1, -0.05) is 117 Å². The van der Waals surface area contributed by atoms with Gasteiger partial charge in [0.15, 0.2) is 0 Å². The molecular weight excluding hydrogens is 585 g/mol. The van der Waals surface area contributed by atoms with Crippen LogP contribution in [0.4, 0.5) is 0 Å². The number of rotatable bonds is 13. The fraction of sp³-hybridized carbons (Fsp3) is 0.159. The summed E-state index contributed by atoms with van der Waals surface area (Å²) in [6.45, 7) is 11.0. The van der Waals surface area contributed by atoms with Crippen molar-refractivity contribution in [1.82, 2.24) is 9.88 Å². The number of benzene rings is 4. The first-order valence-corrected chi connectivity index (χ1v) is 16.5. The van der Waals surface area contributed by atoms with Crippen LogP contribution in [0.3, 0.4) is 0 Å². The number of likely N-dealkylation sites (N-methyl/N-ethyl adjacent to an activating group) is 1. The second-order valence-electron chi connectivity index (χ2n) is 12.2. The lowest BCUT2D eigenvalue weighted by Gasteiger charge is -2.44. The Labute approximate surface area is 285 Å². The summed E-state index contributed by atoms with van der Waals surface area (Å²) >= 11 is 0. The van der Waals surface area contributed by atoms with E-state index in [2.05, 4.69) is 98.0 Å². The summed E-state index contributed by atoms with van der Waals surface area (Å²) in [5.41, 5.74) is 9.99. The van der Waals surface area contributed by atoms with Gasteiger partial charge in [0.2, 0.25) is 0 Å². The largest absolute Gasteiger partial charge is 0.365 e. The minimum absolute atomic E-state index is 0.431. The summed E-state index contributed by atoms with van der Waals surface area (Å²) in [6.07, 6.45) is 7.18. The standard InChI is InChI=1S/C44H44N4/c1-6-40(45)39(27-32(3)36-28-37(33-19-11-8-12-20-33)30-38(29-36)42-25-17-18-26-47-42)44(4,7-2)48(5)43(35-23-15-10-16-24-35)31-41(46)34-21-13-9-14-22-34/h8-31,45-46H,3,6-7H2,1-2,4-5H3/b39-27-,43-31-,45-40?,46-41?. The van der Waals surface area contributed by atoms with Crippen molar-refractivity contribution in [3.63, 3.8) is 0 Å². The molecule has 1 atom stereocenters. The first-order valence-electron chi connectivity index (χ1n) is 16.5. The quantitative estimate of drug-likeness (QED) is 0.101. The number of hydrogen-bond donors (Lipinski definition) is 2. The van der Waals surface area contributed by atoms with E-state index in [1.807, 2.05) is 92.0 Å². The Morgan fingerprint density at radius 3 is 1.88 bits per heavy atom. The maximum atomic E-state index is 9.27. The van der Waals surface area contributed by atoms with Crippen LogP contribution in [0, 0.1) is 10.8 Å². The van der Waals surface area contributed by atoms with Gasteiger partial charge in [-0.3, -0.25) is 4.98 Å². The monoisotopic (exact) mass is 628 g/mol. The van der Waals surface area contributed by atoms with Crippen LogP contribution in [-0.4, -0.2) is 33.9 Å². The zero-order valence-electron chi connectivity index (χ0n) is 28.4. The maximum absolute atomic E-state index is 9.27. The minimum atomic E-state index is -0.588. The predicted molar refractivity (Wildman–Crippen MR) is 204 cm³/mol. The molecule has 0 fully saturated rings. The molecule has 0 amide bonds. The lowest BCUT2D eigenvalue weighted by molar-refractivity contribution is 0.260. The highest BCUT2D eigenvalue weighted by Gasteiger charge is 2.35. The van der Waals surface area contributed by atoms with Gasteiger partial charge in [0.25, 0.3) is 0 Å². The second-order valence-corrected chi connectivity index (χ2v) is 12.2. The number of nitrogens with one attached hydrogen (secondary N) is 2. The molecule has 0 bridgehead atoms. The third-order valence-corrected chi connectivity index (χ3v) is 9.17. The van der Waals surface area contributed by atoms with Crippen LogP contribution < -0.4 is 0 Å². The number of nitrogens with zero attached hydrogens (tertiary/aromatic N) is 2. The van der Waals surface area contributed by atoms with Crippen LogP contribution in [-0.2, 0) is 0 Å². The Hall–Kier alpha value is -5.61. The molecule has 0 saturated heterocycles. The van der Waals surface area contributed by atoms with Crippen LogP contribution in [0.1, 0.15) is 50.3 Å². The van der Waals surface area contributed by atoms with Crippen LogP contribution in [0.25, 0.3) is 33.7 Å². The molecule has 4 heteroatoms.